The molecule has 0 aliphatic carbocycles. The Morgan fingerprint density at radius 1 is 1.35 bits per heavy atom. The number of nitrogens with one attached hydrogen (secondary N) is 1. The average Bonchev–Trinajstić information content (AvgIpc) is 3.04. The van der Waals surface area contributed by atoms with Crippen molar-refractivity contribution in [3.63, 3.8) is 0 Å². The predicted octanol–water partition coefficient (Wildman–Crippen LogP) is 1.93. The Kier molecular flexibility index (Phi) is 6.02. The van der Waals surface area contributed by atoms with E-state index in [0.29, 0.717) is 29.5 Å². The number of nitrogens with zero attached hydrogens (tertiary/aromatic N) is 5. The number of amides is 1. The summed E-state index contributed by atoms with van der Waals surface area (Å²) in [6.45, 7) is 8.76. The van der Waals surface area contributed by atoms with Crippen LogP contribution in [0.5, 0.6) is 0 Å². The molecule has 0 aliphatic rings. The number of hydrogen-bond donors (Lipinski definition) is 1. The van der Waals surface area contributed by atoms with Crippen molar-refractivity contribution in [3.05, 3.63) is 54.9 Å². The van der Waals surface area contributed by atoms with E-state index in [9.17, 15) is 4.79 Å². The van der Waals surface area contributed by atoms with E-state index in [1.54, 1.807) is 30.4 Å². The summed E-state index contributed by atoms with van der Waals surface area (Å²) in [6.07, 6.45) is 4.94. The van der Waals surface area contributed by atoms with E-state index in [1.807, 2.05) is 4.90 Å². The Labute approximate surface area is 139 Å². The summed E-state index contributed by atoms with van der Waals surface area (Å²) in [6, 6.07) is 5.15. The van der Waals surface area contributed by atoms with Gasteiger partial charge in [-0.15, -0.1) is 18.3 Å². The van der Waals surface area contributed by atoms with Gasteiger partial charge in [-0.05, 0) is 28.6 Å². The smallest absolute Gasteiger partial charge is 0.238 e. The molecule has 0 fully saturated rings. The van der Waals surface area contributed by atoms with Crippen molar-refractivity contribution in [2.24, 2.45) is 0 Å². The van der Waals surface area contributed by atoms with Crippen LogP contribution < -0.4 is 5.32 Å². The Morgan fingerprint density at radius 3 is 2.70 bits per heavy atom. The molecule has 0 unspecified atom stereocenters. The van der Waals surface area contributed by atoms with Crippen LogP contribution in [0, 0.1) is 0 Å². The quantitative estimate of drug-likeness (QED) is 0.747. The van der Waals surface area contributed by atoms with Crippen molar-refractivity contribution in [1.29, 1.82) is 0 Å². The number of carbonyl (C=O) groups excluding carboxylic acids is 1. The zero-order valence-corrected chi connectivity index (χ0v) is 13.3. The maximum atomic E-state index is 12.2. The highest BCUT2D eigenvalue weighted by Gasteiger charge is 2.11. The van der Waals surface area contributed by atoms with Crippen LogP contribution in [0.1, 0.15) is 0 Å². The molecule has 2 aromatic rings. The second kappa shape index (κ2) is 8.21. The zero-order valence-electron chi connectivity index (χ0n) is 12.5. The van der Waals surface area contributed by atoms with Gasteiger partial charge >= 0.3 is 0 Å². The number of tetrazole rings is 1. The van der Waals surface area contributed by atoms with E-state index >= 15 is 0 Å². The fraction of sp³-hybridized carbons (Fsp3) is 0.200. The fourth-order valence-corrected chi connectivity index (χ4v) is 2.16. The lowest BCUT2D eigenvalue weighted by molar-refractivity contribution is -0.117. The first kappa shape index (κ1) is 16.9. The fourth-order valence-electron chi connectivity index (χ4n) is 1.99. The molecule has 1 aromatic carbocycles. The van der Waals surface area contributed by atoms with Crippen LogP contribution in [-0.4, -0.2) is 50.6 Å². The van der Waals surface area contributed by atoms with Gasteiger partial charge in [-0.3, -0.25) is 9.69 Å². The van der Waals surface area contributed by atoms with Crippen LogP contribution in [0.15, 0.2) is 49.8 Å². The van der Waals surface area contributed by atoms with Crippen molar-refractivity contribution >= 4 is 23.2 Å². The van der Waals surface area contributed by atoms with E-state index in [1.165, 1.54) is 11.0 Å². The van der Waals surface area contributed by atoms with Crippen molar-refractivity contribution < 1.29 is 4.79 Å². The molecule has 0 radical (unpaired) electrons. The molecule has 0 saturated heterocycles. The highest BCUT2D eigenvalue weighted by atomic mass is 35.5. The van der Waals surface area contributed by atoms with Gasteiger partial charge in [0.25, 0.3) is 0 Å². The monoisotopic (exact) mass is 332 g/mol. The molecule has 1 heterocycles. The van der Waals surface area contributed by atoms with E-state index in [0.717, 1.165) is 0 Å². The van der Waals surface area contributed by atoms with Crippen LogP contribution in [0.2, 0.25) is 5.02 Å². The summed E-state index contributed by atoms with van der Waals surface area (Å²) in [4.78, 5) is 14.1. The molecule has 2 rings (SSSR count). The molecule has 0 atom stereocenters. The molecule has 23 heavy (non-hydrogen) atoms. The molecule has 0 saturated carbocycles. The molecule has 1 amide bonds. The lowest BCUT2D eigenvalue weighted by atomic mass is 10.2. The van der Waals surface area contributed by atoms with E-state index < -0.39 is 0 Å². The number of hydrogen-bond acceptors (Lipinski definition) is 5. The molecule has 0 spiro atoms. The van der Waals surface area contributed by atoms with Gasteiger partial charge in [0.2, 0.25) is 5.91 Å². The summed E-state index contributed by atoms with van der Waals surface area (Å²) in [5.41, 5.74) is 1.20. The van der Waals surface area contributed by atoms with Crippen LogP contribution in [0.3, 0.4) is 0 Å². The lowest BCUT2D eigenvalue weighted by Gasteiger charge is -2.18. The Hall–Kier alpha value is -2.51. The zero-order chi connectivity index (χ0) is 16.7. The number of carbonyl (C=O) groups is 1. The molecule has 1 aromatic heterocycles. The number of halogens is 1. The maximum absolute atomic E-state index is 12.2. The second-order valence-electron chi connectivity index (χ2n) is 4.74. The molecule has 8 heteroatoms. The first-order valence-corrected chi connectivity index (χ1v) is 7.28. The minimum atomic E-state index is -0.176. The SMILES string of the molecule is C=CCN(CC=C)CC(=O)Nc1cc(-n2cnnn2)ccc1Cl. The van der Waals surface area contributed by atoms with Gasteiger partial charge in [-0.2, -0.15) is 0 Å². The summed E-state index contributed by atoms with van der Waals surface area (Å²) in [5.74, 6) is -0.176. The van der Waals surface area contributed by atoms with E-state index in [4.69, 9.17) is 11.6 Å². The minimum absolute atomic E-state index is 0.176. The molecule has 1 N–H and O–H groups in total. The molecule has 120 valence electrons. The first-order chi connectivity index (χ1) is 11.1. The van der Waals surface area contributed by atoms with Crippen LogP contribution in [0.4, 0.5) is 5.69 Å². The van der Waals surface area contributed by atoms with Crippen molar-refractivity contribution in [2.75, 3.05) is 25.0 Å². The second-order valence-corrected chi connectivity index (χ2v) is 5.15. The normalized spacial score (nSPS) is 10.5. The third kappa shape index (κ3) is 4.73. The third-order valence-electron chi connectivity index (χ3n) is 2.98. The summed E-state index contributed by atoms with van der Waals surface area (Å²) < 4.78 is 1.48. The summed E-state index contributed by atoms with van der Waals surface area (Å²) >= 11 is 6.14. The molecule has 0 bridgehead atoms. The average molecular weight is 333 g/mol. The number of anilines is 1. The van der Waals surface area contributed by atoms with Crippen LogP contribution >= 0.6 is 11.6 Å². The van der Waals surface area contributed by atoms with Gasteiger partial charge in [0.05, 0.1) is 22.9 Å². The van der Waals surface area contributed by atoms with E-state index in [2.05, 4.69) is 34.0 Å². The molecular weight excluding hydrogens is 316 g/mol. The van der Waals surface area contributed by atoms with Gasteiger partial charge in [0.15, 0.2) is 0 Å². The number of rotatable bonds is 8. The first-order valence-electron chi connectivity index (χ1n) is 6.91. The standard InChI is InChI=1S/C15H17ClN6O/c1-3-7-21(8-4-2)10-15(23)18-14-9-12(5-6-13(14)16)22-11-17-19-20-22/h3-6,9,11H,1-2,7-8,10H2,(H,18,23). The minimum Gasteiger partial charge on any atom is -0.324 e. The van der Waals surface area contributed by atoms with Crippen LogP contribution in [-0.2, 0) is 4.79 Å². The summed E-state index contributed by atoms with van der Waals surface area (Å²) in [5, 5.41) is 14.2. The molecular formula is C15H17ClN6O. The van der Waals surface area contributed by atoms with Gasteiger partial charge < -0.3 is 5.32 Å². The van der Waals surface area contributed by atoms with Gasteiger partial charge in [0.1, 0.15) is 6.33 Å². The van der Waals surface area contributed by atoms with Crippen LogP contribution in [0.25, 0.3) is 5.69 Å². The topological polar surface area (TPSA) is 75.9 Å². The summed E-state index contributed by atoms with van der Waals surface area (Å²) in [7, 11) is 0. The van der Waals surface area contributed by atoms with Crippen molar-refractivity contribution in [2.45, 2.75) is 0 Å². The van der Waals surface area contributed by atoms with Gasteiger partial charge in [0, 0.05) is 13.1 Å². The largest absolute Gasteiger partial charge is 0.324 e. The van der Waals surface area contributed by atoms with Gasteiger partial charge in [-0.25, -0.2) is 4.68 Å². The Morgan fingerprint density at radius 2 is 2.09 bits per heavy atom. The Balaban J connectivity index is 2.09. The predicted molar refractivity (Wildman–Crippen MR) is 89.6 cm³/mol. The lowest BCUT2D eigenvalue weighted by Crippen LogP contribution is -2.33. The highest BCUT2D eigenvalue weighted by molar-refractivity contribution is 6.33. The highest BCUT2D eigenvalue weighted by Crippen LogP contribution is 2.24. The van der Waals surface area contributed by atoms with Crippen molar-refractivity contribution in [3.8, 4) is 5.69 Å². The third-order valence-corrected chi connectivity index (χ3v) is 3.31. The Bertz CT molecular complexity index is 675. The van der Waals surface area contributed by atoms with Gasteiger partial charge in [-0.1, -0.05) is 23.8 Å². The maximum Gasteiger partial charge on any atom is 0.238 e. The van der Waals surface area contributed by atoms with Crippen molar-refractivity contribution in [1.82, 2.24) is 25.1 Å². The number of aromatic nitrogens is 4. The molecule has 0 aliphatic heterocycles. The van der Waals surface area contributed by atoms with E-state index in [-0.39, 0.29) is 12.5 Å². The number of benzene rings is 1. The molecule has 7 nitrogen and oxygen atoms in total.